The van der Waals surface area contributed by atoms with E-state index in [2.05, 4.69) is 0 Å². The quantitative estimate of drug-likeness (QED) is 0.126. The van der Waals surface area contributed by atoms with E-state index in [1.165, 1.54) is 0 Å². The molecule has 4 rings (SSSR count). The van der Waals surface area contributed by atoms with Crippen LogP contribution in [-0.4, -0.2) is 31.8 Å². The summed E-state index contributed by atoms with van der Waals surface area (Å²) in [5.74, 6) is -0.818. The molecule has 0 saturated heterocycles. The number of para-hydroxylation sites is 1. The molecule has 0 atom stereocenters. The molecule has 4 aromatic rings. The number of carbonyl (C=O) groups is 1. The van der Waals surface area contributed by atoms with Crippen LogP contribution in [0.4, 0.5) is 0 Å². The number of methoxy groups -OCH3 is 1. The van der Waals surface area contributed by atoms with Gasteiger partial charge in [-0.15, -0.1) is 0 Å². The van der Waals surface area contributed by atoms with Crippen LogP contribution in [0, 0.1) is 0 Å². The zero-order chi connectivity index (χ0) is 25.0. The molecule has 1 aromatic heterocycles. The van der Waals surface area contributed by atoms with Crippen molar-refractivity contribution in [3.8, 4) is 5.75 Å². The van der Waals surface area contributed by atoms with Gasteiger partial charge in [-0.05, 0) is 47.9 Å². The number of carboxylic acid groups (broad SMARTS) is 1. The van der Waals surface area contributed by atoms with Gasteiger partial charge in [0.2, 0.25) is 11.0 Å². The number of pyridine rings is 1. The maximum absolute atomic E-state index is 12.2. The summed E-state index contributed by atoms with van der Waals surface area (Å²) in [5, 5.41) is 13.3. The summed E-state index contributed by atoms with van der Waals surface area (Å²) in [5.41, 5.74) is 3.33. The van der Waals surface area contributed by atoms with Crippen molar-refractivity contribution in [1.82, 2.24) is 0 Å². The first kappa shape index (κ1) is 24.4. The molecule has 0 radical (unpaired) electrons. The number of rotatable bonds is 9. The Morgan fingerprint density at radius 3 is 2.29 bits per heavy atom. The summed E-state index contributed by atoms with van der Waals surface area (Å²) in [4.78, 5) is 12.2. The molecule has 1 N–H and O–H groups in total. The number of carboxylic acids is 1. The van der Waals surface area contributed by atoms with E-state index in [-0.39, 0.29) is 17.7 Å². The van der Waals surface area contributed by atoms with Gasteiger partial charge >= 0.3 is 0 Å². The minimum atomic E-state index is -4.03. The van der Waals surface area contributed by atoms with Gasteiger partial charge in [0.1, 0.15) is 12.3 Å². The van der Waals surface area contributed by atoms with Gasteiger partial charge in [-0.3, -0.25) is 4.55 Å². The molecule has 0 aliphatic carbocycles. The van der Waals surface area contributed by atoms with Crippen LogP contribution in [0.3, 0.4) is 0 Å². The lowest BCUT2D eigenvalue weighted by molar-refractivity contribution is -0.645. The van der Waals surface area contributed by atoms with Gasteiger partial charge in [0.15, 0.2) is 0 Å². The smallest absolute Gasteiger partial charge is 0.264 e. The molecule has 180 valence electrons. The predicted molar refractivity (Wildman–Crippen MR) is 134 cm³/mol. The van der Waals surface area contributed by atoms with E-state index in [9.17, 15) is 18.3 Å². The van der Waals surface area contributed by atoms with E-state index in [1.807, 2.05) is 71.3 Å². The molecular formula is C27H25NO6S. The van der Waals surface area contributed by atoms with Crippen LogP contribution in [0.5, 0.6) is 5.75 Å². The summed E-state index contributed by atoms with van der Waals surface area (Å²) >= 11 is 0. The topological polar surface area (TPSA) is 108 Å². The molecule has 0 unspecified atom stereocenters. The van der Waals surface area contributed by atoms with Crippen LogP contribution >= 0.6 is 0 Å². The number of carbonyl (C=O) groups excluding carboxylic acids is 1. The van der Waals surface area contributed by atoms with Crippen molar-refractivity contribution in [1.29, 1.82) is 0 Å². The standard InChI is InChI=1S/C27H25NO6S/c1-34-21-13-10-19(11-14-21)8-9-20-12-15-25-23(18-20)26(27(29)30)22-6-2-3-7-24(22)28(25)16-4-5-17-35(31,32)33/h2-3,6-15,18H,4-5,16-17H2,1H3,(H-,29,30,31,32,33). The highest BCUT2D eigenvalue weighted by molar-refractivity contribution is 7.85. The molecule has 8 heteroatoms. The van der Waals surface area contributed by atoms with Crippen molar-refractivity contribution in [3.63, 3.8) is 0 Å². The monoisotopic (exact) mass is 491 g/mol. The molecule has 0 fully saturated rings. The normalized spacial score (nSPS) is 11.9. The van der Waals surface area contributed by atoms with E-state index >= 15 is 0 Å². The van der Waals surface area contributed by atoms with E-state index in [0.717, 1.165) is 16.9 Å². The van der Waals surface area contributed by atoms with Crippen LogP contribution < -0.4 is 14.4 Å². The number of hydrogen-bond acceptors (Lipinski definition) is 5. The Hall–Kier alpha value is -3.75. The lowest BCUT2D eigenvalue weighted by atomic mass is 9.99. The SMILES string of the molecule is COc1ccc(C=Cc2ccc3c(c2)c(C(=O)[O-])c2ccccc2[n+]3CCCCS(=O)(=O)O)cc1. The third kappa shape index (κ3) is 5.67. The Bertz CT molecular complexity index is 1530. The Balaban J connectivity index is 1.78. The van der Waals surface area contributed by atoms with Crippen LogP contribution in [0.1, 0.15) is 34.3 Å². The molecule has 0 bridgehead atoms. The number of hydrogen-bond donors (Lipinski definition) is 1. The fraction of sp³-hybridized carbons (Fsp3) is 0.185. The van der Waals surface area contributed by atoms with Crippen molar-refractivity contribution >= 4 is 50.0 Å². The van der Waals surface area contributed by atoms with E-state index < -0.39 is 16.1 Å². The Morgan fingerprint density at radius 1 is 0.943 bits per heavy atom. The zero-order valence-electron chi connectivity index (χ0n) is 19.2. The molecule has 0 saturated carbocycles. The number of aromatic carboxylic acids is 1. The predicted octanol–water partition coefficient (Wildman–Crippen LogP) is 3.49. The van der Waals surface area contributed by atoms with E-state index in [1.54, 1.807) is 19.2 Å². The fourth-order valence-corrected chi connectivity index (χ4v) is 4.78. The summed E-state index contributed by atoms with van der Waals surface area (Å²) in [6.07, 6.45) is 4.62. The number of benzene rings is 3. The number of aromatic nitrogens is 1. The largest absolute Gasteiger partial charge is 0.545 e. The highest BCUT2D eigenvalue weighted by Crippen LogP contribution is 2.26. The maximum atomic E-state index is 12.2. The maximum Gasteiger partial charge on any atom is 0.264 e. The Labute approximate surface area is 203 Å². The first-order valence-corrected chi connectivity index (χ1v) is 12.7. The third-order valence-corrected chi connectivity index (χ3v) is 6.67. The van der Waals surface area contributed by atoms with Gasteiger partial charge < -0.3 is 14.6 Å². The molecule has 7 nitrogen and oxygen atoms in total. The molecule has 0 aliphatic heterocycles. The number of fused-ring (bicyclic) bond motifs is 2. The average Bonchev–Trinajstić information content (AvgIpc) is 2.84. The summed E-state index contributed by atoms with van der Waals surface area (Å²) < 4.78 is 38.4. The molecule has 1 heterocycles. The number of aryl methyl sites for hydroxylation is 1. The number of unbranched alkanes of at least 4 members (excludes halogenated alkanes) is 1. The van der Waals surface area contributed by atoms with Gasteiger partial charge in [0.05, 0.1) is 29.6 Å². The second-order valence-corrected chi connectivity index (χ2v) is 9.78. The Morgan fingerprint density at radius 2 is 1.60 bits per heavy atom. The molecule has 3 aromatic carbocycles. The molecule has 0 spiro atoms. The van der Waals surface area contributed by atoms with Crippen molar-refractivity contribution in [2.24, 2.45) is 0 Å². The van der Waals surface area contributed by atoms with Gasteiger partial charge in [-0.2, -0.15) is 13.0 Å². The first-order chi connectivity index (χ1) is 16.8. The summed E-state index contributed by atoms with van der Waals surface area (Å²) in [6, 6.07) is 20.4. The van der Waals surface area contributed by atoms with Crippen LogP contribution in [0.25, 0.3) is 34.0 Å². The van der Waals surface area contributed by atoms with Crippen molar-refractivity contribution in [3.05, 3.63) is 83.4 Å². The molecule has 35 heavy (non-hydrogen) atoms. The lowest BCUT2D eigenvalue weighted by Gasteiger charge is -2.13. The minimum Gasteiger partial charge on any atom is -0.545 e. The fourth-order valence-electron chi connectivity index (χ4n) is 4.21. The first-order valence-electron chi connectivity index (χ1n) is 11.1. The van der Waals surface area contributed by atoms with Crippen LogP contribution in [0.15, 0.2) is 66.7 Å². The third-order valence-electron chi connectivity index (χ3n) is 5.87. The molecule has 0 amide bonds. The second-order valence-electron chi connectivity index (χ2n) is 8.21. The second kappa shape index (κ2) is 10.2. The average molecular weight is 492 g/mol. The summed E-state index contributed by atoms with van der Waals surface area (Å²) in [7, 11) is -2.42. The lowest BCUT2D eigenvalue weighted by Crippen LogP contribution is -2.37. The highest BCUT2D eigenvalue weighted by Gasteiger charge is 2.21. The summed E-state index contributed by atoms with van der Waals surface area (Å²) in [6.45, 7) is 0.459. The number of nitrogens with zero attached hydrogens (tertiary/aromatic N) is 1. The van der Waals surface area contributed by atoms with Gasteiger partial charge in [-0.25, -0.2) is 0 Å². The number of ether oxygens (including phenoxy) is 1. The minimum absolute atomic E-state index is 0.115. The molecule has 0 aliphatic rings. The van der Waals surface area contributed by atoms with Gasteiger partial charge in [-0.1, -0.05) is 36.4 Å². The zero-order valence-corrected chi connectivity index (χ0v) is 20.0. The van der Waals surface area contributed by atoms with E-state index in [0.29, 0.717) is 34.8 Å². The highest BCUT2D eigenvalue weighted by atomic mass is 32.2. The van der Waals surface area contributed by atoms with Crippen molar-refractivity contribution in [2.75, 3.05) is 12.9 Å². The molecular weight excluding hydrogens is 466 g/mol. The van der Waals surface area contributed by atoms with Crippen molar-refractivity contribution < 1.29 is 32.2 Å². The Kier molecular flexibility index (Phi) is 7.14. The van der Waals surface area contributed by atoms with Crippen LogP contribution in [0.2, 0.25) is 0 Å². The van der Waals surface area contributed by atoms with E-state index in [4.69, 9.17) is 9.29 Å². The van der Waals surface area contributed by atoms with Crippen LogP contribution in [-0.2, 0) is 16.7 Å². The van der Waals surface area contributed by atoms with Crippen molar-refractivity contribution in [2.45, 2.75) is 19.4 Å². The van der Waals surface area contributed by atoms with Gasteiger partial charge in [0, 0.05) is 24.1 Å². The van der Waals surface area contributed by atoms with Gasteiger partial charge in [0.25, 0.3) is 10.1 Å².